The van der Waals surface area contributed by atoms with Gasteiger partial charge in [-0.3, -0.25) is 9.59 Å². The lowest BCUT2D eigenvalue weighted by Crippen LogP contribution is -2.27. The molecule has 0 amide bonds. The Bertz CT molecular complexity index is 755. The van der Waals surface area contributed by atoms with Gasteiger partial charge in [-0.15, -0.1) is 0 Å². The van der Waals surface area contributed by atoms with E-state index in [0.717, 1.165) is 5.57 Å². The number of ketones is 2. The SMILES string of the molecule is C=C(C1=CC(=O)C(C)=C(OC)C1=O)[C@H](CC=C(C)C)OC(=O)/C(C)=C\C. The van der Waals surface area contributed by atoms with E-state index in [1.54, 1.807) is 19.9 Å². The van der Waals surface area contributed by atoms with Crippen LogP contribution in [0.15, 0.2) is 58.4 Å². The minimum atomic E-state index is -0.758. The summed E-state index contributed by atoms with van der Waals surface area (Å²) in [5.74, 6) is -1.26. The number of Topliss-reactive ketones (excluding diaryl/α,β-unsaturated/α-hetero) is 1. The normalized spacial score (nSPS) is 16.1. The number of carbonyl (C=O) groups is 3. The Morgan fingerprint density at radius 2 is 1.88 bits per heavy atom. The molecule has 0 saturated heterocycles. The first-order valence-electron chi connectivity index (χ1n) is 8.36. The monoisotopic (exact) mass is 358 g/mol. The minimum Gasteiger partial charge on any atom is -0.492 e. The van der Waals surface area contributed by atoms with Gasteiger partial charge in [0.05, 0.1) is 7.11 Å². The lowest BCUT2D eigenvalue weighted by atomic mass is 9.88. The number of methoxy groups -OCH3 is 1. The molecule has 5 nitrogen and oxygen atoms in total. The highest BCUT2D eigenvalue weighted by Gasteiger charge is 2.32. The van der Waals surface area contributed by atoms with E-state index in [1.165, 1.54) is 20.1 Å². The van der Waals surface area contributed by atoms with Gasteiger partial charge >= 0.3 is 5.97 Å². The predicted octanol–water partition coefficient (Wildman–Crippen LogP) is 3.78. The van der Waals surface area contributed by atoms with Crippen LogP contribution >= 0.6 is 0 Å². The molecule has 0 heterocycles. The first kappa shape index (κ1) is 21.4. The molecule has 26 heavy (non-hydrogen) atoms. The molecule has 0 spiro atoms. The van der Waals surface area contributed by atoms with Crippen LogP contribution in [-0.4, -0.2) is 30.7 Å². The first-order chi connectivity index (χ1) is 12.1. The second-order valence-electron chi connectivity index (χ2n) is 6.32. The highest BCUT2D eigenvalue weighted by Crippen LogP contribution is 2.28. The van der Waals surface area contributed by atoms with Gasteiger partial charge in [-0.1, -0.05) is 24.3 Å². The molecule has 1 rings (SSSR count). The molecule has 0 saturated carbocycles. The summed E-state index contributed by atoms with van der Waals surface area (Å²) >= 11 is 0. The van der Waals surface area contributed by atoms with E-state index in [2.05, 4.69) is 6.58 Å². The number of esters is 1. The summed E-state index contributed by atoms with van der Waals surface area (Å²) in [5, 5.41) is 0. The smallest absolute Gasteiger partial charge is 0.333 e. The Kier molecular flexibility index (Phi) is 7.50. The predicted molar refractivity (Wildman–Crippen MR) is 100 cm³/mol. The van der Waals surface area contributed by atoms with Crippen molar-refractivity contribution in [2.75, 3.05) is 7.11 Å². The molecule has 1 aliphatic rings. The Morgan fingerprint density at radius 3 is 2.38 bits per heavy atom. The molecular formula is C21H26O5. The lowest BCUT2D eigenvalue weighted by Gasteiger charge is -2.23. The second-order valence-corrected chi connectivity index (χ2v) is 6.32. The van der Waals surface area contributed by atoms with Gasteiger partial charge in [0.2, 0.25) is 5.78 Å². The van der Waals surface area contributed by atoms with Gasteiger partial charge in [-0.2, -0.15) is 0 Å². The highest BCUT2D eigenvalue weighted by molar-refractivity contribution is 6.23. The van der Waals surface area contributed by atoms with Crippen molar-refractivity contribution >= 4 is 17.5 Å². The molecule has 0 aliphatic heterocycles. The summed E-state index contributed by atoms with van der Waals surface area (Å²) in [5.41, 5.74) is 2.12. The molecule has 140 valence electrons. The van der Waals surface area contributed by atoms with Gasteiger partial charge in [-0.05, 0) is 46.3 Å². The van der Waals surface area contributed by atoms with Crippen molar-refractivity contribution in [1.29, 1.82) is 0 Å². The van der Waals surface area contributed by atoms with E-state index < -0.39 is 17.9 Å². The van der Waals surface area contributed by atoms with Crippen LogP contribution in [-0.2, 0) is 23.9 Å². The Balaban J connectivity index is 3.21. The third kappa shape index (κ3) is 4.91. The van der Waals surface area contributed by atoms with Gasteiger partial charge < -0.3 is 9.47 Å². The van der Waals surface area contributed by atoms with Crippen LogP contribution in [0.2, 0.25) is 0 Å². The largest absolute Gasteiger partial charge is 0.492 e. The Hall–Kier alpha value is -2.69. The minimum absolute atomic E-state index is 0.00873. The third-order valence-corrected chi connectivity index (χ3v) is 4.12. The number of rotatable bonds is 7. The fraction of sp³-hybridized carbons (Fsp3) is 0.381. The summed E-state index contributed by atoms with van der Waals surface area (Å²) in [6.07, 6.45) is 4.36. The van der Waals surface area contributed by atoms with E-state index >= 15 is 0 Å². The summed E-state index contributed by atoms with van der Waals surface area (Å²) in [4.78, 5) is 37.0. The van der Waals surface area contributed by atoms with Crippen LogP contribution in [0.5, 0.6) is 0 Å². The molecule has 1 atom stereocenters. The fourth-order valence-electron chi connectivity index (χ4n) is 2.31. The quantitative estimate of drug-likeness (QED) is 0.300. The molecule has 0 unspecified atom stereocenters. The summed E-state index contributed by atoms with van der Waals surface area (Å²) in [7, 11) is 1.34. The average molecular weight is 358 g/mol. The summed E-state index contributed by atoms with van der Waals surface area (Å²) in [6.45, 7) is 12.7. The van der Waals surface area contributed by atoms with Crippen molar-refractivity contribution in [3.8, 4) is 0 Å². The van der Waals surface area contributed by atoms with Crippen molar-refractivity contribution in [1.82, 2.24) is 0 Å². The van der Waals surface area contributed by atoms with E-state index in [0.29, 0.717) is 12.0 Å². The van der Waals surface area contributed by atoms with Crippen molar-refractivity contribution in [3.05, 3.63) is 58.4 Å². The van der Waals surface area contributed by atoms with Crippen molar-refractivity contribution in [3.63, 3.8) is 0 Å². The van der Waals surface area contributed by atoms with E-state index in [4.69, 9.17) is 9.47 Å². The van der Waals surface area contributed by atoms with Crippen LogP contribution < -0.4 is 0 Å². The molecule has 1 aliphatic carbocycles. The maximum atomic E-state index is 12.6. The molecule has 0 bridgehead atoms. The molecular weight excluding hydrogens is 332 g/mol. The topological polar surface area (TPSA) is 69.7 Å². The second kappa shape index (κ2) is 9.13. The number of hydrogen-bond donors (Lipinski definition) is 0. The van der Waals surface area contributed by atoms with Gasteiger partial charge in [0.25, 0.3) is 0 Å². The standard InChI is InChI=1S/C21H26O5/c1-8-13(4)21(24)26-18(10-9-12(2)3)14(5)16-11-17(22)15(6)20(25-7)19(16)23/h8-9,11,18H,5,10H2,1-4,6-7H3/b13-8-/t18-/m0/s1. The van der Waals surface area contributed by atoms with Crippen LogP contribution in [0.1, 0.15) is 41.0 Å². The maximum absolute atomic E-state index is 12.6. The van der Waals surface area contributed by atoms with Crippen LogP contribution in [0.25, 0.3) is 0 Å². The van der Waals surface area contributed by atoms with Gasteiger partial charge in [0, 0.05) is 23.1 Å². The van der Waals surface area contributed by atoms with E-state index in [-0.39, 0.29) is 28.3 Å². The van der Waals surface area contributed by atoms with Crippen LogP contribution in [0.3, 0.4) is 0 Å². The molecule has 0 fully saturated rings. The average Bonchev–Trinajstić information content (AvgIpc) is 2.60. The van der Waals surface area contributed by atoms with Crippen molar-refractivity contribution in [2.24, 2.45) is 0 Å². The van der Waals surface area contributed by atoms with E-state index in [1.807, 2.05) is 19.9 Å². The molecule has 0 radical (unpaired) electrons. The Labute approximate surface area is 154 Å². The highest BCUT2D eigenvalue weighted by atomic mass is 16.5. The molecule has 0 aromatic rings. The van der Waals surface area contributed by atoms with Gasteiger partial charge in [-0.25, -0.2) is 4.79 Å². The van der Waals surface area contributed by atoms with Crippen molar-refractivity contribution in [2.45, 2.75) is 47.1 Å². The summed E-state index contributed by atoms with van der Waals surface area (Å²) < 4.78 is 10.6. The van der Waals surface area contributed by atoms with Crippen LogP contribution in [0, 0.1) is 0 Å². The lowest BCUT2D eigenvalue weighted by molar-refractivity contribution is -0.142. The molecule has 0 N–H and O–H groups in total. The number of ether oxygens (including phenoxy) is 2. The first-order valence-corrected chi connectivity index (χ1v) is 8.36. The number of allylic oxidation sites excluding steroid dienone is 5. The zero-order valence-electron chi connectivity index (χ0n) is 16.3. The zero-order chi connectivity index (χ0) is 20.0. The van der Waals surface area contributed by atoms with Gasteiger partial charge in [0.15, 0.2) is 11.5 Å². The van der Waals surface area contributed by atoms with Crippen LogP contribution in [0.4, 0.5) is 0 Å². The Morgan fingerprint density at radius 1 is 1.27 bits per heavy atom. The fourth-order valence-corrected chi connectivity index (χ4v) is 2.31. The van der Waals surface area contributed by atoms with Crippen molar-refractivity contribution < 1.29 is 23.9 Å². The molecule has 5 heteroatoms. The maximum Gasteiger partial charge on any atom is 0.333 e. The van der Waals surface area contributed by atoms with E-state index in [9.17, 15) is 14.4 Å². The third-order valence-electron chi connectivity index (χ3n) is 4.12. The molecule has 0 aromatic carbocycles. The zero-order valence-corrected chi connectivity index (χ0v) is 16.3. The molecule has 0 aromatic heterocycles. The number of carbonyl (C=O) groups excluding carboxylic acids is 3. The number of hydrogen-bond acceptors (Lipinski definition) is 5. The van der Waals surface area contributed by atoms with Gasteiger partial charge in [0.1, 0.15) is 6.10 Å². The summed E-state index contributed by atoms with van der Waals surface area (Å²) in [6, 6.07) is 0.